The van der Waals surface area contributed by atoms with E-state index in [9.17, 15) is 10.1 Å². The smallest absolute Gasteiger partial charge is 0.196 e. The number of ketones is 1. The predicted octanol–water partition coefficient (Wildman–Crippen LogP) is 2.85. The number of hydrogen-bond donors (Lipinski definition) is 0. The van der Waals surface area contributed by atoms with Gasteiger partial charge in [-0.15, -0.1) is 0 Å². The van der Waals surface area contributed by atoms with Gasteiger partial charge in [0.1, 0.15) is 11.8 Å². The van der Waals surface area contributed by atoms with Crippen molar-refractivity contribution < 1.29 is 4.79 Å². The first-order valence-electron chi connectivity index (χ1n) is 6.00. The zero-order valence-corrected chi connectivity index (χ0v) is 11.3. The Balaban J connectivity index is 2.18. The lowest BCUT2D eigenvalue weighted by molar-refractivity contribution is -0.112. The zero-order chi connectivity index (χ0) is 12.7. The summed E-state index contributed by atoms with van der Waals surface area (Å²) < 4.78 is 0.619. The molecule has 0 aromatic rings. The summed E-state index contributed by atoms with van der Waals surface area (Å²) >= 11 is 3.31. The second-order valence-electron chi connectivity index (χ2n) is 4.65. The van der Waals surface area contributed by atoms with E-state index in [1.807, 2.05) is 12.2 Å². The number of rotatable bonds is 0. The molecule has 0 bridgehead atoms. The van der Waals surface area contributed by atoms with Crippen LogP contribution in [0.2, 0.25) is 0 Å². The van der Waals surface area contributed by atoms with E-state index in [1.165, 1.54) is 0 Å². The quantitative estimate of drug-likeness (QED) is 0.646. The lowest BCUT2D eigenvalue weighted by Gasteiger charge is -2.32. The van der Waals surface area contributed by atoms with Gasteiger partial charge in [0.25, 0.3) is 0 Å². The van der Waals surface area contributed by atoms with E-state index in [-0.39, 0.29) is 17.7 Å². The Morgan fingerprint density at radius 1 is 1.50 bits per heavy atom. The topological polar surface area (TPSA) is 53.2 Å². The van der Waals surface area contributed by atoms with E-state index in [0.29, 0.717) is 16.6 Å². The summed E-state index contributed by atoms with van der Waals surface area (Å²) in [7, 11) is 0. The van der Waals surface area contributed by atoms with Gasteiger partial charge in [-0.25, -0.2) is 0 Å². The SMILES string of the molecule is N#CC1=NC2C=CCCC2=C2C(=O)C(Br)=CCC12. The van der Waals surface area contributed by atoms with E-state index in [0.717, 1.165) is 24.0 Å². The van der Waals surface area contributed by atoms with Gasteiger partial charge in [0.05, 0.1) is 10.5 Å². The minimum Gasteiger partial charge on any atom is -0.288 e. The van der Waals surface area contributed by atoms with E-state index >= 15 is 0 Å². The molecule has 0 saturated carbocycles. The Hall–Kier alpha value is -1.47. The monoisotopic (exact) mass is 302 g/mol. The molecule has 4 heteroatoms. The van der Waals surface area contributed by atoms with Crippen LogP contribution in [0.15, 0.2) is 38.8 Å². The maximum Gasteiger partial charge on any atom is 0.196 e. The molecule has 90 valence electrons. The van der Waals surface area contributed by atoms with Gasteiger partial charge in [-0.05, 0) is 40.8 Å². The van der Waals surface area contributed by atoms with Crippen molar-refractivity contribution >= 4 is 27.4 Å². The third-order valence-electron chi connectivity index (χ3n) is 3.67. The van der Waals surface area contributed by atoms with Gasteiger partial charge in [0.15, 0.2) is 5.78 Å². The zero-order valence-electron chi connectivity index (χ0n) is 9.69. The van der Waals surface area contributed by atoms with Crippen molar-refractivity contribution in [2.24, 2.45) is 10.9 Å². The van der Waals surface area contributed by atoms with Crippen molar-refractivity contribution in [3.63, 3.8) is 0 Å². The lowest BCUT2D eigenvalue weighted by Crippen LogP contribution is -2.33. The molecule has 18 heavy (non-hydrogen) atoms. The van der Waals surface area contributed by atoms with E-state index in [2.05, 4.69) is 33.1 Å². The fourth-order valence-electron chi connectivity index (χ4n) is 2.83. The molecule has 0 aromatic heterocycles. The van der Waals surface area contributed by atoms with E-state index in [1.54, 1.807) is 0 Å². The first kappa shape index (κ1) is 11.6. The van der Waals surface area contributed by atoms with Crippen LogP contribution in [-0.2, 0) is 4.79 Å². The lowest BCUT2D eigenvalue weighted by atomic mass is 9.75. The highest BCUT2D eigenvalue weighted by Crippen LogP contribution is 2.39. The van der Waals surface area contributed by atoms with Gasteiger partial charge >= 0.3 is 0 Å². The number of hydrogen-bond acceptors (Lipinski definition) is 3. The van der Waals surface area contributed by atoms with Crippen molar-refractivity contribution in [2.75, 3.05) is 0 Å². The van der Waals surface area contributed by atoms with Crippen molar-refractivity contribution in [3.8, 4) is 6.07 Å². The second kappa shape index (κ2) is 4.33. The summed E-state index contributed by atoms with van der Waals surface area (Å²) in [5.74, 6) is -0.0919. The number of halogens is 1. The number of nitriles is 1. The molecule has 3 aliphatic rings. The van der Waals surface area contributed by atoms with Gasteiger partial charge < -0.3 is 0 Å². The van der Waals surface area contributed by atoms with Crippen LogP contribution in [0.5, 0.6) is 0 Å². The number of fused-ring (bicyclic) bond motifs is 2. The fraction of sp³-hybridized carbons (Fsp3) is 0.357. The number of dihydropyridines is 1. The molecule has 0 radical (unpaired) electrons. The van der Waals surface area contributed by atoms with Crippen LogP contribution in [0.3, 0.4) is 0 Å². The molecular weight excluding hydrogens is 292 g/mol. The molecule has 1 aliphatic heterocycles. The molecular formula is C14H11BrN2O. The van der Waals surface area contributed by atoms with Gasteiger partial charge in [-0.3, -0.25) is 9.79 Å². The molecule has 2 unspecified atom stereocenters. The van der Waals surface area contributed by atoms with Crippen molar-refractivity contribution in [1.29, 1.82) is 5.26 Å². The summed E-state index contributed by atoms with van der Waals surface area (Å²) in [6.07, 6.45) is 8.44. The minimum absolute atomic E-state index is 0.0317. The summed E-state index contributed by atoms with van der Waals surface area (Å²) in [4.78, 5) is 16.8. The van der Waals surface area contributed by atoms with Gasteiger partial charge in [0, 0.05) is 11.5 Å². The number of allylic oxidation sites excluding steroid dienone is 4. The Bertz CT molecular complexity index is 589. The van der Waals surface area contributed by atoms with Gasteiger partial charge in [0.2, 0.25) is 0 Å². The molecule has 2 aliphatic carbocycles. The molecule has 3 nitrogen and oxygen atoms in total. The van der Waals surface area contributed by atoms with Gasteiger partial charge in [-0.2, -0.15) is 5.26 Å². The molecule has 0 fully saturated rings. The molecule has 0 spiro atoms. The van der Waals surface area contributed by atoms with Crippen LogP contribution in [0.4, 0.5) is 0 Å². The van der Waals surface area contributed by atoms with E-state index < -0.39 is 0 Å². The summed E-state index contributed by atoms with van der Waals surface area (Å²) in [6.45, 7) is 0. The Morgan fingerprint density at radius 3 is 3.11 bits per heavy atom. The number of aliphatic imine (C=N–C) groups is 1. The molecule has 3 rings (SSSR count). The number of Topliss-reactive ketones (excluding diaryl/α,β-unsaturated/α-hetero) is 1. The molecule has 2 atom stereocenters. The third kappa shape index (κ3) is 1.62. The highest BCUT2D eigenvalue weighted by molar-refractivity contribution is 9.12. The van der Waals surface area contributed by atoms with Crippen LogP contribution in [0, 0.1) is 17.2 Å². The molecule has 0 saturated heterocycles. The minimum atomic E-state index is -0.124. The first-order valence-corrected chi connectivity index (χ1v) is 6.79. The highest BCUT2D eigenvalue weighted by Gasteiger charge is 2.38. The first-order chi connectivity index (χ1) is 8.72. The fourth-order valence-corrected chi connectivity index (χ4v) is 3.23. The number of carbonyl (C=O) groups is 1. The number of carbonyl (C=O) groups excluding carboxylic acids is 1. The van der Waals surface area contributed by atoms with Crippen molar-refractivity contribution in [2.45, 2.75) is 25.3 Å². The maximum atomic E-state index is 12.3. The highest BCUT2D eigenvalue weighted by atomic mass is 79.9. The normalized spacial score (nSPS) is 30.1. The van der Waals surface area contributed by atoms with Crippen LogP contribution in [0.1, 0.15) is 19.3 Å². The summed E-state index contributed by atoms with van der Waals surface area (Å²) in [5.41, 5.74) is 2.41. The Morgan fingerprint density at radius 2 is 2.33 bits per heavy atom. The molecule has 0 N–H and O–H groups in total. The summed E-state index contributed by atoms with van der Waals surface area (Å²) in [6, 6.07) is 2.06. The van der Waals surface area contributed by atoms with Crippen LogP contribution in [-0.4, -0.2) is 17.5 Å². The van der Waals surface area contributed by atoms with Crippen molar-refractivity contribution in [3.05, 3.63) is 33.9 Å². The predicted molar refractivity (Wildman–Crippen MR) is 72.4 cm³/mol. The average molecular weight is 303 g/mol. The van der Waals surface area contributed by atoms with Crippen LogP contribution >= 0.6 is 15.9 Å². The average Bonchev–Trinajstić information content (AvgIpc) is 2.41. The Kier molecular flexibility index (Phi) is 2.79. The van der Waals surface area contributed by atoms with Crippen molar-refractivity contribution in [1.82, 2.24) is 0 Å². The van der Waals surface area contributed by atoms with Crippen LogP contribution in [0.25, 0.3) is 0 Å². The van der Waals surface area contributed by atoms with Crippen LogP contribution < -0.4 is 0 Å². The maximum absolute atomic E-state index is 12.3. The second-order valence-corrected chi connectivity index (χ2v) is 5.50. The number of nitrogens with zero attached hydrogens (tertiary/aromatic N) is 2. The third-order valence-corrected chi connectivity index (χ3v) is 4.35. The largest absolute Gasteiger partial charge is 0.288 e. The Labute approximate surface area is 114 Å². The summed E-state index contributed by atoms with van der Waals surface area (Å²) in [5, 5.41) is 9.20. The van der Waals surface area contributed by atoms with E-state index in [4.69, 9.17) is 0 Å². The molecule has 0 amide bonds. The standard InChI is InChI=1S/C14H11BrN2O/c15-10-6-5-9-12(7-16)17-11-4-2-1-3-8(11)13(9)14(10)18/h2,4,6,9,11H,1,3,5H2. The molecule has 1 heterocycles. The van der Waals surface area contributed by atoms with Gasteiger partial charge in [-0.1, -0.05) is 18.2 Å². The molecule has 0 aromatic carbocycles.